The summed E-state index contributed by atoms with van der Waals surface area (Å²) in [6.07, 6.45) is 1.44. The van der Waals surface area contributed by atoms with Gasteiger partial charge in [0, 0.05) is 49.3 Å². The highest BCUT2D eigenvalue weighted by Gasteiger charge is 2.48. The number of benzene rings is 1. The second-order valence-electron chi connectivity index (χ2n) is 9.88. The molecule has 11 heteroatoms. The van der Waals surface area contributed by atoms with Crippen molar-refractivity contribution in [2.45, 2.75) is 56.8 Å². The normalized spacial score (nSPS) is 20.8. The number of aromatic nitrogens is 1. The maximum Gasteiger partial charge on any atom is 0.326 e. The van der Waals surface area contributed by atoms with Crippen LogP contribution in [0.15, 0.2) is 18.3 Å². The molecule has 0 bridgehead atoms. The molecule has 0 saturated carbocycles. The van der Waals surface area contributed by atoms with Gasteiger partial charge in [0.15, 0.2) is 0 Å². The average molecular weight is 517 g/mol. The SMILES string of the molecule is CC(C)Oc1cc2c(OC[C@@H]3CC(F)(F)C(=O)N3)ncc(C#CC3(O)CCN(C)CC3)c2cc1C(N)=O. The molecule has 2 aliphatic heterocycles. The molecule has 2 fully saturated rings. The number of carbonyl (C=O) groups excluding carboxylic acids is 2. The summed E-state index contributed by atoms with van der Waals surface area (Å²) in [7, 11) is 1.98. The molecular weight excluding hydrogens is 486 g/mol. The molecule has 2 saturated heterocycles. The van der Waals surface area contributed by atoms with E-state index in [1.54, 1.807) is 19.9 Å². The van der Waals surface area contributed by atoms with Gasteiger partial charge in [0.25, 0.3) is 11.8 Å². The summed E-state index contributed by atoms with van der Waals surface area (Å²) in [5.74, 6) is 0.749. The van der Waals surface area contributed by atoms with Crippen LogP contribution in [0.4, 0.5) is 8.78 Å². The molecule has 1 aromatic heterocycles. The zero-order valence-corrected chi connectivity index (χ0v) is 20.9. The van der Waals surface area contributed by atoms with Crippen LogP contribution in [-0.4, -0.2) is 77.2 Å². The van der Waals surface area contributed by atoms with E-state index in [9.17, 15) is 23.5 Å². The summed E-state index contributed by atoms with van der Waals surface area (Å²) in [5.41, 5.74) is 5.01. The zero-order valence-electron chi connectivity index (χ0n) is 20.9. The Morgan fingerprint density at radius 3 is 2.62 bits per heavy atom. The van der Waals surface area contributed by atoms with E-state index in [2.05, 4.69) is 27.0 Å². The average Bonchev–Trinajstić information content (AvgIpc) is 3.09. The highest BCUT2D eigenvalue weighted by Crippen LogP contribution is 2.34. The molecule has 0 unspecified atom stereocenters. The minimum Gasteiger partial charge on any atom is -0.490 e. The number of piperidine rings is 1. The van der Waals surface area contributed by atoms with Gasteiger partial charge in [-0.25, -0.2) is 4.98 Å². The quantitative estimate of drug-likeness (QED) is 0.500. The van der Waals surface area contributed by atoms with Gasteiger partial charge in [-0.3, -0.25) is 9.59 Å². The Bertz CT molecular complexity index is 1280. The summed E-state index contributed by atoms with van der Waals surface area (Å²) < 4.78 is 38.8. The number of primary amides is 1. The molecule has 1 aromatic carbocycles. The molecule has 37 heavy (non-hydrogen) atoms. The second-order valence-corrected chi connectivity index (χ2v) is 9.88. The van der Waals surface area contributed by atoms with Crippen LogP contribution in [0.5, 0.6) is 11.6 Å². The van der Waals surface area contributed by atoms with E-state index in [1.165, 1.54) is 12.3 Å². The van der Waals surface area contributed by atoms with E-state index >= 15 is 0 Å². The number of hydrogen-bond acceptors (Lipinski definition) is 7. The number of nitrogens with one attached hydrogen (secondary N) is 1. The predicted octanol–water partition coefficient (Wildman–Crippen LogP) is 1.83. The van der Waals surface area contributed by atoms with E-state index in [-0.39, 0.29) is 29.9 Å². The van der Waals surface area contributed by atoms with Crippen LogP contribution in [0, 0.1) is 11.8 Å². The number of alkyl halides is 2. The topological polar surface area (TPSA) is 127 Å². The van der Waals surface area contributed by atoms with Crippen LogP contribution in [0.1, 0.15) is 49.0 Å². The van der Waals surface area contributed by atoms with Gasteiger partial charge in [0.1, 0.15) is 18.0 Å². The van der Waals surface area contributed by atoms with Gasteiger partial charge in [0.05, 0.1) is 23.3 Å². The third-order valence-corrected chi connectivity index (χ3v) is 6.41. The first-order valence-electron chi connectivity index (χ1n) is 12.1. The number of ether oxygens (including phenoxy) is 2. The van der Waals surface area contributed by atoms with Crippen LogP contribution >= 0.6 is 0 Å². The molecule has 4 N–H and O–H groups in total. The molecular formula is C26H30F2N4O5. The first-order chi connectivity index (χ1) is 17.4. The molecule has 2 amide bonds. The predicted molar refractivity (Wildman–Crippen MR) is 132 cm³/mol. The van der Waals surface area contributed by atoms with Gasteiger partial charge >= 0.3 is 5.92 Å². The molecule has 0 radical (unpaired) electrons. The van der Waals surface area contributed by atoms with Gasteiger partial charge in [-0.15, -0.1) is 0 Å². The maximum atomic E-state index is 13.6. The number of carbonyl (C=O) groups is 2. The first kappa shape index (κ1) is 26.6. The lowest BCUT2D eigenvalue weighted by Gasteiger charge is -2.32. The summed E-state index contributed by atoms with van der Waals surface area (Å²) >= 11 is 0. The highest BCUT2D eigenvalue weighted by atomic mass is 19.3. The smallest absolute Gasteiger partial charge is 0.326 e. The molecule has 0 aliphatic carbocycles. The van der Waals surface area contributed by atoms with Gasteiger partial charge in [0.2, 0.25) is 5.88 Å². The Labute approximate surface area is 213 Å². The number of hydrogen-bond donors (Lipinski definition) is 3. The van der Waals surface area contributed by atoms with Crippen molar-refractivity contribution >= 4 is 22.6 Å². The van der Waals surface area contributed by atoms with Crippen LogP contribution < -0.4 is 20.5 Å². The molecule has 2 aliphatic rings. The lowest BCUT2D eigenvalue weighted by Crippen LogP contribution is -2.41. The summed E-state index contributed by atoms with van der Waals surface area (Å²) in [6, 6.07) is 2.18. The number of nitrogens with two attached hydrogens (primary N) is 1. The van der Waals surface area contributed by atoms with Crippen molar-refractivity contribution < 1.29 is 33.0 Å². The molecule has 3 heterocycles. The molecule has 1 atom stereocenters. The third kappa shape index (κ3) is 5.92. The number of rotatable bonds is 6. The number of pyridine rings is 1. The minimum atomic E-state index is -3.45. The van der Waals surface area contributed by atoms with Crippen LogP contribution in [0.2, 0.25) is 0 Å². The van der Waals surface area contributed by atoms with Crippen molar-refractivity contribution in [3.05, 3.63) is 29.5 Å². The van der Waals surface area contributed by atoms with Crippen LogP contribution in [0.3, 0.4) is 0 Å². The Balaban J connectivity index is 1.74. The van der Waals surface area contributed by atoms with Crippen LogP contribution in [0.25, 0.3) is 10.8 Å². The molecule has 4 rings (SSSR count). The van der Waals surface area contributed by atoms with Crippen molar-refractivity contribution in [3.63, 3.8) is 0 Å². The van der Waals surface area contributed by atoms with Crippen molar-refractivity contribution in [3.8, 4) is 23.5 Å². The summed E-state index contributed by atoms with van der Waals surface area (Å²) in [5, 5.41) is 14.0. The largest absolute Gasteiger partial charge is 0.490 e. The third-order valence-electron chi connectivity index (χ3n) is 6.41. The Morgan fingerprint density at radius 2 is 2.03 bits per heavy atom. The van der Waals surface area contributed by atoms with Crippen molar-refractivity contribution in [1.29, 1.82) is 0 Å². The van der Waals surface area contributed by atoms with E-state index < -0.39 is 35.8 Å². The number of nitrogens with zero attached hydrogens (tertiary/aromatic N) is 2. The van der Waals surface area contributed by atoms with Crippen molar-refractivity contribution in [1.82, 2.24) is 15.2 Å². The lowest BCUT2D eigenvalue weighted by atomic mass is 9.92. The van der Waals surface area contributed by atoms with Gasteiger partial charge in [-0.1, -0.05) is 11.8 Å². The number of likely N-dealkylation sites (tertiary alicyclic amines) is 1. The number of amides is 2. The number of halogens is 2. The Hall–Kier alpha value is -3.49. The summed E-state index contributed by atoms with van der Waals surface area (Å²) in [4.78, 5) is 30.1. The number of fused-ring (bicyclic) bond motifs is 1. The monoisotopic (exact) mass is 516 g/mol. The number of aliphatic hydroxyl groups is 1. The minimum absolute atomic E-state index is 0.0904. The van der Waals surface area contributed by atoms with E-state index in [1.807, 2.05) is 7.05 Å². The standard InChI is InChI=1S/C26H30F2N4O5/c1-15(2)37-21-11-19-18(10-20(21)22(29)33)16(4-5-25(35)6-8-32(3)9-7-25)13-30-23(19)36-14-17-12-26(27,28)24(34)31-17/h10-11,13,15,17,35H,6-9,12,14H2,1-3H3,(H2,29,33)(H,31,34)/t17-/m0/s1. The Morgan fingerprint density at radius 1 is 1.32 bits per heavy atom. The first-order valence-corrected chi connectivity index (χ1v) is 12.1. The molecule has 0 spiro atoms. The summed E-state index contributed by atoms with van der Waals surface area (Å²) in [6.45, 7) is 4.75. The zero-order chi connectivity index (χ0) is 27.0. The Kier molecular flexibility index (Phi) is 7.26. The van der Waals surface area contributed by atoms with Crippen LogP contribution in [-0.2, 0) is 4.79 Å². The van der Waals surface area contributed by atoms with Crippen molar-refractivity contribution in [2.24, 2.45) is 5.73 Å². The van der Waals surface area contributed by atoms with E-state index in [0.717, 1.165) is 0 Å². The fourth-order valence-electron chi connectivity index (χ4n) is 4.32. The van der Waals surface area contributed by atoms with Gasteiger partial charge in [-0.05, 0) is 33.0 Å². The molecule has 198 valence electrons. The second kappa shape index (κ2) is 10.1. The van der Waals surface area contributed by atoms with E-state index in [4.69, 9.17) is 15.2 Å². The van der Waals surface area contributed by atoms with Gasteiger partial charge < -0.3 is 30.5 Å². The van der Waals surface area contributed by atoms with Crippen molar-refractivity contribution in [2.75, 3.05) is 26.7 Å². The maximum absolute atomic E-state index is 13.6. The van der Waals surface area contributed by atoms with Gasteiger partial charge in [-0.2, -0.15) is 8.78 Å². The van der Waals surface area contributed by atoms with E-state index in [0.29, 0.717) is 42.3 Å². The molecule has 2 aromatic rings. The molecule has 9 nitrogen and oxygen atoms in total. The fraction of sp³-hybridized carbons (Fsp3) is 0.500. The highest BCUT2D eigenvalue weighted by molar-refractivity contribution is 6.03. The fourth-order valence-corrected chi connectivity index (χ4v) is 4.32. The lowest BCUT2D eigenvalue weighted by molar-refractivity contribution is -0.139.